The smallest absolute Gasteiger partial charge is 0.410 e. The van der Waals surface area contributed by atoms with E-state index >= 15 is 0 Å². The molecule has 5 aliphatic carbocycles. The normalized spacial score (nSPS) is 40.2. The Morgan fingerprint density at radius 3 is 2.07 bits per heavy atom. The molecule has 9 atom stereocenters. The fourth-order valence-corrected chi connectivity index (χ4v) is 12.8. The minimum atomic E-state index is -0.578. The van der Waals surface area contributed by atoms with Crippen LogP contribution in [-0.4, -0.2) is 84.5 Å². The number of esters is 2. The fraction of sp³-hybridized carbons (Fsp3) is 0.841. The minimum Gasteiger partial charge on any atom is -0.469 e. The molecule has 1 aliphatic heterocycles. The Bertz CT molecular complexity index is 1590. The molecule has 302 valence electrons. The zero-order valence-corrected chi connectivity index (χ0v) is 35.2. The molecule has 2 amide bonds. The highest BCUT2D eigenvalue weighted by atomic mass is 16.6. The van der Waals surface area contributed by atoms with Gasteiger partial charge in [0.05, 0.1) is 18.9 Å². The lowest BCUT2D eigenvalue weighted by atomic mass is 9.33. The van der Waals surface area contributed by atoms with E-state index in [4.69, 9.17) is 14.2 Å². The van der Waals surface area contributed by atoms with Gasteiger partial charge in [-0.25, -0.2) is 4.79 Å². The first-order valence-electron chi connectivity index (χ1n) is 20.7. The Labute approximate surface area is 323 Å². The average molecular weight is 753 g/mol. The van der Waals surface area contributed by atoms with Crippen LogP contribution in [0.3, 0.4) is 0 Å². The zero-order valence-electron chi connectivity index (χ0n) is 35.2. The maximum atomic E-state index is 14.8. The number of hydrogen-bond donors (Lipinski definition) is 0. The molecule has 1 saturated heterocycles. The first-order valence-corrected chi connectivity index (χ1v) is 20.7. The molecule has 1 heterocycles. The predicted octanol–water partition coefficient (Wildman–Crippen LogP) is 7.91. The number of fused-ring (bicyclic) bond motifs is 7. The fourth-order valence-electron chi connectivity index (χ4n) is 12.8. The van der Waals surface area contributed by atoms with Crippen molar-refractivity contribution in [3.05, 3.63) is 11.6 Å². The number of nitrogens with zero attached hydrogens (tertiary/aromatic N) is 2. The van der Waals surface area contributed by atoms with E-state index in [2.05, 4.69) is 48.5 Å². The van der Waals surface area contributed by atoms with Crippen LogP contribution in [0.4, 0.5) is 4.79 Å². The molecular formula is C44H68N2O8. The van der Waals surface area contributed by atoms with Gasteiger partial charge in [-0.1, -0.05) is 47.1 Å². The van der Waals surface area contributed by atoms with Gasteiger partial charge in [0.1, 0.15) is 11.7 Å². The Morgan fingerprint density at radius 1 is 0.815 bits per heavy atom. The Kier molecular flexibility index (Phi) is 10.3. The van der Waals surface area contributed by atoms with E-state index in [1.807, 2.05) is 26.8 Å². The van der Waals surface area contributed by atoms with Gasteiger partial charge in [0.25, 0.3) is 0 Å². The first kappa shape index (κ1) is 40.7. The summed E-state index contributed by atoms with van der Waals surface area (Å²) in [6.07, 6.45) is 9.44. The van der Waals surface area contributed by atoms with E-state index in [1.165, 1.54) is 12.7 Å². The van der Waals surface area contributed by atoms with Crippen LogP contribution in [0.5, 0.6) is 0 Å². The summed E-state index contributed by atoms with van der Waals surface area (Å²) >= 11 is 0. The maximum absolute atomic E-state index is 14.8. The molecular weight excluding hydrogens is 684 g/mol. The molecule has 0 N–H and O–H groups in total. The summed E-state index contributed by atoms with van der Waals surface area (Å²) in [7, 11) is 1.49. The van der Waals surface area contributed by atoms with Gasteiger partial charge in [-0.05, 0) is 125 Å². The number of ether oxygens (including phenoxy) is 3. The van der Waals surface area contributed by atoms with Crippen LogP contribution in [0.15, 0.2) is 11.6 Å². The molecule has 0 aromatic heterocycles. The predicted molar refractivity (Wildman–Crippen MR) is 205 cm³/mol. The molecule has 4 saturated carbocycles. The van der Waals surface area contributed by atoms with Crippen LogP contribution in [0.2, 0.25) is 0 Å². The number of rotatable bonds is 5. The third kappa shape index (κ3) is 6.61. The Morgan fingerprint density at radius 2 is 1.44 bits per heavy atom. The second-order valence-corrected chi connectivity index (χ2v) is 20.9. The molecule has 0 radical (unpaired) electrons. The number of hydrogen-bond acceptors (Lipinski definition) is 8. The quantitative estimate of drug-likeness (QED) is 0.205. The summed E-state index contributed by atoms with van der Waals surface area (Å²) in [6, 6.07) is 0. The topological polar surface area (TPSA) is 120 Å². The number of carbonyl (C=O) groups excluding carboxylic acids is 5. The van der Waals surface area contributed by atoms with Gasteiger partial charge in [0, 0.05) is 43.9 Å². The molecule has 0 bridgehead atoms. The number of allylic oxidation sites excluding steroid dienone is 2. The summed E-state index contributed by atoms with van der Waals surface area (Å²) in [6.45, 7) is 23.1. The second kappa shape index (κ2) is 13.6. The largest absolute Gasteiger partial charge is 0.469 e. The SMILES string of the molecule is COC(=O)[C@@]1(C)CC[C@]2(C)CC[C@]3(C)C(=CC(=O)[C@@H]4[C@@]5(C)CC[C@H](OC(=O)CCC(=O)N6CCN(C(=O)OC(C)(C)C)CC6)C(C)(C)[C@@H]5CC[C@]43C)[C@@H]2C1. The Balaban J connectivity index is 1.12. The number of piperazine rings is 1. The van der Waals surface area contributed by atoms with Crippen molar-refractivity contribution in [3.8, 4) is 0 Å². The van der Waals surface area contributed by atoms with Crippen LogP contribution < -0.4 is 0 Å². The van der Waals surface area contributed by atoms with Gasteiger partial charge in [0.2, 0.25) is 5.91 Å². The van der Waals surface area contributed by atoms with Crippen LogP contribution in [-0.2, 0) is 33.4 Å². The highest BCUT2D eigenvalue weighted by molar-refractivity contribution is 5.95. The highest BCUT2D eigenvalue weighted by Crippen LogP contribution is 2.75. The summed E-state index contributed by atoms with van der Waals surface area (Å²) in [5.74, 6) is -0.152. The number of amides is 2. The summed E-state index contributed by atoms with van der Waals surface area (Å²) in [5.41, 5.74) is -0.771. The van der Waals surface area contributed by atoms with Crippen molar-refractivity contribution in [3.63, 3.8) is 0 Å². The molecule has 0 aromatic rings. The van der Waals surface area contributed by atoms with Gasteiger partial charge in [-0.15, -0.1) is 0 Å². The van der Waals surface area contributed by atoms with Gasteiger partial charge in [-0.2, -0.15) is 0 Å². The Hall–Kier alpha value is -2.91. The van der Waals surface area contributed by atoms with Gasteiger partial charge in [0.15, 0.2) is 5.78 Å². The van der Waals surface area contributed by atoms with E-state index in [0.717, 1.165) is 51.4 Å². The molecule has 5 fully saturated rings. The lowest BCUT2D eigenvalue weighted by Gasteiger charge is -2.70. The van der Waals surface area contributed by atoms with Crippen molar-refractivity contribution < 1.29 is 38.2 Å². The molecule has 54 heavy (non-hydrogen) atoms. The average Bonchev–Trinajstić information content (AvgIpc) is 3.09. The third-order valence-electron chi connectivity index (χ3n) is 16.3. The van der Waals surface area contributed by atoms with Crippen molar-refractivity contribution in [1.82, 2.24) is 9.80 Å². The molecule has 6 aliphatic rings. The van der Waals surface area contributed by atoms with Crippen LogP contribution in [0.1, 0.15) is 140 Å². The second-order valence-electron chi connectivity index (χ2n) is 20.9. The van der Waals surface area contributed by atoms with Crippen LogP contribution >= 0.6 is 0 Å². The molecule has 0 unspecified atom stereocenters. The maximum Gasteiger partial charge on any atom is 0.410 e. The van der Waals surface area contributed by atoms with Crippen molar-refractivity contribution in [2.24, 2.45) is 50.2 Å². The van der Waals surface area contributed by atoms with Crippen LogP contribution in [0, 0.1) is 50.2 Å². The lowest BCUT2D eigenvalue weighted by molar-refractivity contribution is -0.211. The molecule has 0 spiro atoms. The lowest BCUT2D eigenvalue weighted by Crippen LogP contribution is -2.66. The van der Waals surface area contributed by atoms with Gasteiger partial charge in [-0.3, -0.25) is 19.2 Å². The number of carbonyl (C=O) groups is 5. The van der Waals surface area contributed by atoms with E-state index in [1.54, 1.807) is 9.80 Å². The minimum absolute atomic E-state index is 0.0137. The van der Waals surface area contributed by atoms with Gasteiger partial charge >= 0.3 is 18.0 Å². The number of methoxy groups -OCH3 is 1. The molecule has 0 aromatic carbocycles. The van der Waals surface area contributed by atoms with Crippen molar-refractivity contribution in [2.45, 2.75) is 152 Å². The number of ketones is 1. The van der Waals surface area contributed by atoms with Crippen molar-refractivity contribution in [1.29, 1.82) is 0 Å². The van der Waals surface area contributed by atoms with E-state index in [0.29, 0.717) is 32.6 Å². The van der Waals surface area contributed by atoms with Gasteiger partial charge < -0.3 is 24.0 Å². The van der Waals surface area contributed by atoms with Crippen molar-refractivity contribution in [2.75, 3.05) is 33.3 Å². The first-order chi connectivity index (χ1) is 24.9. The van der Waals surface area contributed by atoms with E-state index < -0.39 is 11.0 Å². The zero-order chi connectivity index (χ0) is 39.9. The molecule has 10 nitrogen and oxygen atoms in total. The van der Waals surface area contributed by atoms with Crippen LogP contribution in [0.25, 0.3) is 0 Å². The third-order valence-corrected chi connectivity index (χ3v) is 16.3. The summed E-state index contributed by atoms with van der Waals surface area (Å²) in [5, 5.41) is 0. The van der Waals surface area contributed by atoms with E-state index in [9.17, 15) is 24.0 Å². The standard InChI is InChI=1S/C44H68N2O8/c1-38(2,3)54-37(51)46-24-22-45(23-25-46)33(48)12-13-34(49)53-32-15-16-42(8)31(39(32,4)5)14-17-44(10)35(42)30(47)26-28-29-27-41(7,36(50)52-11)19-18-40(29,6)20-21-43(28,44)9/h26,29,31-32,35H,12-25,27H2,1-11H3/t29-,31-,32-,35+,40+,41-,42-,43+,44+/m0/s1. The summed E-state index contributed by atoms with van der Waals surface area (Å²) < 4.78 is 17.0. The highest BCUT2D eigenvalue weighted by Gasteiger charge is 2.70. The summed E-state index contributed by atoms with van der Waals surface area (Å²) in [4.78, 5) is 70.0. The monoisotopic (exact) mass is 752 g/mol. The molecule has 6 rings (SSSR count). The molecule has 10 heteroatoms. The van der Waals surface area contributed by atoms with Crippen molar-refractivity contribution >= 4 is 29.7 Å². The van der Waals surface area contributed by atoms with E-state index in [-0.39, 0.29) is 93.5 Å².